The fourth-order valence-corrected chi connectivity index (χ4v) is 5.08. The molecule has 2 saturated carbocycles. The van der Waals surface area contributed by atoms with E-state index >= 15 is 0 Å². The first-order valence-corrected chi connectivity index (χ1v) is 11.2. The van der Waals surface area contributed by atoms with Crippen LogP contribution in [0.3, 0.4) is 0 Å². The zero-order chi connectivity index (χ0) is 17.6. The Morgan fingerprint density at radius 1 is 1.15 bits per heavy atom. The number of rotatable bonds is 5. The third-order valence-corrected chi connectivity index (χ3v) is 6.81. The molecule has 2 aliphatic carbocycles. The Kier molecular flexibility index (Phi) is 9.33. The lowest BCUT2D eigenvalue weighted by molar-refractivity contribution is -0.136. The Morgan fingerprint density at radius 3 is 2.46 bits per heavy atom. The van der Waals surface area contributed by atoms with Crippen LogP contribution in [0.5, 0.6) is 0 Å². The summed E-state index contributed by atoms with van der Waals surface area (Å²) in [5, 5.41) is 7.16. The first-order chi connectivity index (χ1) is 12.2. The number of nitrogens with one attached hydrogen (secondary N) is 2. The maximum Gasteiger partial charge on any atom is 0.225 e. The molecule has 3 rings (SSSR count). The fraction of sp³-hybridized carbons (Fsp3) is 0.895. The van der Waals surface area contributed by atoms with Gasteiger partial charge in [-0.3, -0.25) is 9.79 Å². The lowest BCUT2D eigenvalue weighted by atomic mass is 9.85. The van der Waals surface area contributed by atoms with Crippen LogP contribution in [-0.4, -0.2) is 60.5 Å². The topological polar surface area (TPSA) is 56.7 Å². The van der Waals surface area contributed by atoms with Gasteiger partial charge in [-0.1, -0.05) is 13.3 Å². The van der Waals surface area contributed by atoms with Crippen LogP contribution in [-0.2, 0) is 4.79 Å². The Labute approximate surface area is 179 Å². The van der Waals surface area contributed by atoms with Gasteiger partial charge in [0.1, 0.15) is 0 Å². The first-order valence-electron chi connectivity index (χ1n) is 10.1. The minimum absolute atomic E-state index is 0. The van der Waals surface area contributed by atoms with Gasteiger partial charge in [-0.25, -0.2) is 0 Å². The molecule has 2 atom stereocenters. The number of thioether (sulfide) groups is 1. The zero-order valence-electron chi connectivity index (χ0n) is 16.2. The van der Waals surface area contributed by atoms with Crippen LogP contribution >= 0.6 is 35.7 Å². The van der Waals surface area contributed by atoms with Crippen LogP contribution in [0.4, 0.5) is 0 Å². The first kappa shape index (κ1) is 22.1. The molecule has 1 aliphatic heterocycles. The van der Waals surface area contributed by atoms with E-state index in [-0.39, 0.29) is 29.9 Å². The van der Waals surface area contributed by atoms with E-state index in [0.29, 0.717) is 18.0 Å². The molecule has 26 heavy (non-hydrogen) atoms. The van der Waals surface area contributed by atoms with E-state index in [9.17, 15) is 4.79 Å². The summed E-state index contributed by atoms with van der Waals surface area (Å²) in [7, 11) is 1.86. The van der Waals surface area contributed by atoms with Crippen molar-refractivity contribution < 1.29 is 4.79 Å². The van der Waals surface area contributed by atoms with Gasteiger partial charge < -0.3 is 15.5 Å². The van der Waals surface area contributed by atoms with Gasteiger partial charge in [-0.05, 0) is 44.4 Å². The molecule has 3 aliphatic rings. The third-order valence-electron chi connectivity index (χ3n) is 5.87. The van der Waals surface area contributed by atoms with Gasteiger partial charge in [0, 0.05) is 49.6 Å². The summed E-state index contributed by atoms with van der Waals surface area (Å²) >= 11 is 1.96. The van der Waals surface area contributed by atoms with Crippen molar-refractivity contribution in [1.29, 1.82) is 0 Å². The standard InChI is InChI=1S/C19H34N4OS.HI/c1-3-4-15-13-17(15)22-19(20-2)21-16-7-5-14(6-8-16)18(24)23-9-11-25-12-10-23;/h14-17H,3-13H2,1-2H3,(H2,20,21,22);1H. The van der Waals surface area contributed by atoms with Gasteiger partial charge in [0.25, 0.3) is 0 Å². The quantitative estimate of drug-likeness (QED) is 0.351. The van der Waals surface area contributed by atoms with E-state index in [1.54, 1.807) is 0 Å². The van der Waals surface area contributed by atoms with Crippen LogP contribution in [0.1, 0.15) is 51.9 Å². The van der Waals surface area contributed by atoms with Crippen molar-refractivity contribution >= 4 is 47.6 Å². The molecule has 0 spiro atoms. The lowest BCUT2D eigenvalue weighted by Crippen LogP contribution is -2.48. The molecule has 5 nitrogen and oxygen atoms in total. The second-order valence-corrected chi connectivity index (χ2v) is 8.96. The monoisotopic (exact) mass is 494 g/mol. The van der Waals surface area contributed by atoms with E-state index in [4.69, 9.17) is 0 Å². The van der Waals surface area contributed by atoms with Crippen molar-refractivity contribution in [3.8, 4) is 0 Å². The van der Waals surface area contributed by atoms with Crippen molar-refractivity contribution in [1.82, 2.24) is 15.5 Å². The summed E-state index contributed by atoms with van der Waals surface area (Å²) in [6, 6.07) is 1.07. The van der Waals surface area contributed by atoms with Crippen molar-refractivity contribution in [3.63, 3.8) is 0 Å². The summed E-state index contributed by atoms with van der Waals surface area (Å²) < 4.78 is 0. The minimum atomic E-state index is 0. The van der Waals surface area contributed by atoms with Crippen LogP contribution in [0.25, 0.3) is 0 Å². The molecule has 0 aromatic rings. The number of carbonyl (C=O) groups is 1. The third kappa shape index (κ3) is 6.17. The Morgan fingerprint density at radius 2 is 1.85 bits per heavy atom. The summed E-state index contributed by atoms with van der Waals surface area (Å²) in [5.41, 5.74) is 0. The van der Waals surface area contributed by atoms with Gasteiger partial charge >= 0.3 is 0 Å². The van der Waals surface area contributed by atoms with Gasteiger partial charge in [-0.2, -0.15) is 11.8 Å². The van der Waals surface area contributed by atoms with Gasteiger partial charge in [0.05, 0.1) is 0 Å². The predicted octanol–water partition coefficient (Wildman–Crippen LogP) is 3.09. The minimum Gasteiger partial charge on any atom is -0.354 e. The molecular weight excluding hydrogens is 459 g/mol. The highest BCUT2D eigenvalue weighted by molar-refractivity contribution is 14.0. The molecule has 2 N–H and O–H groups in total. The second kappa shape index (κ2) is 11.0. The number of halogens is 1. The summed E-state index contributed by atoms with van der Waals surface area (Å²) in [4.78, 5) is 19.1. The van der Waals surface area contributed by atoms with Crippen LogP contribution in [0, 0.1) is 11.8 Å². The molecule has 3 fully saturated rings. The summed E-state index contributed by atoms with van der Waals surface area (Å²) in [6.45, 7) is 4.14. The van der Waals surface area contributed by atoms with E-state index in [0.717, 1.165) is 62.2 Å². The van der Waals surface area contributed by atoms with E-state index in [1.807, 2.05) is 18.8 Å². The van der Waals surface area contributed by atoms with Gasteiger partial charge in [-0.15, -0.1) is 24.0 Å². The van der Waals surface area contributed by atoms with Crippen molar-refractivity contribution in [2.24, 2.45) is 16.8 Å². The van der Waals surface area contributed by atoms with Crippen LogP contribution < -0.4 is 10.6 Å². The molecule has 0 radical (unpaired) electrons. The highest BCUT2D eigenvalue weighted by atomic mass is 127. The average molecular weight is 494 g/mol. The fourth-order valence-electron chi connectivity index (χ4n) is 4.18. The normalized spacial score (nSPS) is 31.8. The molecule has 0 bridgehead atoms. The number of guanidine groups is 1. The Bertz CT molecular complexity index is 476. The van der Waals surface area contributed by atoms with Crippen molar-refractivity contribution in [3.05, 3.63) is 0 Å². The van der Waals surface area contributed by atoms with E-state index in [1.165, 1.54) is 19.3 Å². The number of aliphatic imine (C=N–C) groups is 1. The second-order valence-electron chi connectivity index (χ2n) is 7.74. The number of hydrogen-bond donors (Lipinski definition) is 2. The summed E-state index contributed by atoms with van der Waals surface area (Å²) in [5.74, 6) is 4.64. The van der Waals surface area contributed by atoms with Crippen molar-refractivity contribution in [2.75, 3.05) is 31.6 Å². The summed E-state index contributed by atoms with van der Waals surface area (Å²) in [6.07, 6.45) is 8.03. The number of hydrogen-bond acceptors (Lipinski definition) is 3. The molecular formula is C19H35IN4OS. The maximum atomic E-state index is 12.6. The maximum absolute atomic E-state index is 12.6. The van der Waals surface area contributed by atoms with E-state index < -0.39 is 0 Å². The SMILES string of the molecule is CCCC1CC1NC(=NC)NC1CCC(C(=O)N2CCSCC2)CC1.I. The Hall–Kier alpha value is -0.180. The van der Waals surface area contributed by atoms with Gasteiger partial charge in [0.15, 0.2) is 5.96 Å². The molecule has 7 heteroatoms. The van der Waals surface area contributed by atoms with Crippen LogP contribution in [0.2, 0.25) is 0 Å². The molecule has 1 heterocycles. The molecule has 1 saturated heterocycles. The molecule has 1 amide bonds. The molecule has 0 aromatic carbocycles. The number of amides is 1. The highest BCUT2D eigenvalue weighted by Gasteiger charge is 2.37. The zero-order valence-corrected chi connectivity index (χ0v) is 19.4. The largest absolute Gasteiger partial charge is 0.354 e. The smallest absolute Gasteiger partial charge is 0.225 e. The number of nitrogens with zero attached hydrogens (tertiary/aromatic N) is 2. The van der Waals surface area contributed by atoms with Crippen LogP contribution in [0.15, 0.2) is 4.99 Å². The molecule has 2 unspecified atom stereocenters. The van der Waals surface area contributed by atoms with E-state index in [2.05, 4.69) is 27.4 Å². The lowest BCUT2D eigenvalue weighted by Gasteiger charge is -2.34. The Balaban J connectivity index is 0.00000243. The molecule has 150 valence electrons. The molecule has 0 aromatic heterocycles. The highest BCUT2D eigenvalue weighted by Crippen LogP contribution is 2.34. The van der Waals surface area contributed by atoms with Gasteiger partial charge in [0.2, 0.25) is 5.91 Å². The van der Waals surface area contributed by atoms with Crippen molar-refractivity contribution in [2.45, 2.75) is 64.0 Å². The predicted molar refractivity (Wildman–Crippen MR) is 121 cm³/mol. The number of carbonyl (C=O) groups excluding carboxylic acids is 1. The average Bonchev–Trinajstić information content (AvgIpc) is 3.39.